The lowest BCUT2D eigenvalue weighted by Crippen LogP contribution is -2.16. The Bertz CT molecular complexity index is 395. The van der Waals surface area contributed by atoms with E-state index in [1.165, 1.54) is 7.11 Å². The van der Waals surface area contributed by atoms with Gasteiger partial charge in [-0.2, -0.15) is 0 Å². The molecule has 1 saturated carbocycles. The Kier molecular flexibility index (Phi) is 3.55. The lowest BCUT2D eigenvalue weighted by molar-refractivity contribution is -0.143. The zero-order chi connectivity index (χ0) is 11.7. The number of methoxy groups -OCH3 is 1. The van der Waals surface area contributed by atoms with Crippen LogP contribution in [0.1, 0.15) is 24.3 Å². The molecule has 1 unspecified atom stereocenters. The summed E-state index contributed by atoms with van der Waals surface area (Å²) in [6.07, 6.45) is 2.17. The van der Waals surface area contributed by atoms with Gasteiger partial charge in [-0.15, -0.1) is 0 Å². The average Bonchev–Trinajstić information content (AvgIpc) is 3.00. The number of carbonyl (C=O) groups is 1. The smallest absolute Gasteiger partial charge is 0.313 e. The number of hydrogen-bond acceptors (Lipinski definition) is 2. The van der Waals surface area contributed by atoms with Crippen LogP contribution in [0.15, 0.2) is 22.7 Å². The quantitative estimate of drug-likeness (QED) is 0.795. The number of ether oxygens (including phenoxy) is 1. The Morgan fingerprint density at radius 2 is 2.19 bits per heavy atom. The summed E-state index contributed by atoms with van der Waals surface area (Å²) in [4.78, 5) is 11.7. The molecule has 16 heavy (non-hydrogen) atoms. The number of rotatable bonds is 3. The molecule has 1 fully saturated rings. The van der Waals surface area contributed by atoms with Gasteiger partial charge in [-0.05, 0) is 42.5 Å². The van der Waals surface area contributed by atoms with Crippen molar-refractivity contribution in [2.24, 2.45) is 5.92 Å². The van der Waals surface area contributed by atoms with Gasteiger partial charge in [0, 0.05) is 9.50 Å². The van der Waals surface area contributed by atoms with Crippen molar-refractivity contribution in [2.75, 3.05) is 7.11 Å². The third-order valence-electron chi connectivity index (χ3n) is 2.79. The zero-order valence-electron chi connectivity index (χ0n) is 8.87. The van der Waals surface area contributed by atoms with Crippen LogP contribution < -0.4 is 0 Å². The van der Waals surface area contributed by atoms with Gasteiger partial charge >= 0.3 is 5.97 Å². The summed E-state index contributed by atoms with van der Waals surface area (Å²) >= 11 is 9.37. The second-order valence-corrected chi connectivity index (χ2v) is 5.39. The van der Waals surface area contributed by atoms with E-state index in [0.717, 1.165) is 22.9 Å². The first-order valence-electron chi connectivity index (χ1n) is 5.15. The van der Waals surface area contributed by atoms with Crippen LogP contribution in [-0.2, 0) is 9.53 Å². The van der Waals surface area contributed by atoms with Crippen LogP contribution in [0.3, 0.4) is 0 Å². The monoisotopic (exact) mass is 302 g/mol. The van der Waals surface area contributed by atoms with E-state index in [9.17, 15) is 4.79 Å². The van der Waals surface area contributed by atoms with Gasteiger partial charge in [0.1, 0.15) is 0 Å². The summed E-state index contributed by atoms with van der Waals surface area (Å²) in [5.41, 5.74) is 0.939. The van der Waals surface area contributed by atoms with Crippen molar-refractivity contribution < 1.29 is 9.53 Å². The Hall–Kier alpha value is -0.540. The van der Waals surface area contributed by atoms with Gasteiger partial charge in [0.15, 0.2) is 0 Å². The fourth-order valence-electron chi connectivity index (χ4n) is 1.91. The normalized spacial score (nSPS) is 16.9. The SMILES string of the molecule is COC(=O)C(c1cc(Cl)cc(Br)c1)C1CC1. The molecule has 0 spiro atoms. The van der Waals surface area contributed by atoms with Crippen LogP contribution in [0.2, 0.25) is 5.02 Å². The Morgan fingerprint density at radius 1 is 1.50 bits per heavy atom. The molecule has 0 aromatic heterocycles. The first-order valence-corrected chi connectivity index (χ1v) is 6.32. The summed E-state index contributed by atoms with van der Waals surface area (Å²) in [6.45, 7) is 0. The van der Waals surface area contributed by atoms with Gasteiger partial charge in [-0.3, -0.25) is 4.79 Å². The lowest BCUT2D eigenvalue weighted by Gasteiger charge is -2.14. The number of halogens is 2. The first kappa shape index (κ1) is 11.9. The van der Waals surface area contributed by atoms with Crippen LogP contribution >= 0.6 is 27.5 Å². The van der Waals surface area contributed by atoms with Gasteiger partial charge in [0.2, 0.25) is 0 Å². The van der Waals surface area contributed by atoms with E-state index in [1.807, 2.05) is 18.2 Å². The van der Waals surface area contributed by atoms with Crippen molar-refractivity contribution in [2.45, 2.75) is 18.8 Å². The van der Waals surface area contributed by atoms with Crippen molar-refractivity contribution in [1.82, 2.24) is 0 Å². The van der Waals surface area contributed by atoms with E-state index in [1.54, 1.807) is 0 Å². The highest BCUT2D eigenvalue weighted by atomic mass is 79.9. The van der Waals surface area contributed by atoms with E-state index in [4.69, 9.17) is 16.3 Å². The highest BCUT2D eigenvalue weighted by Crippen LogP contribution is 2.44. The molecule has 4 heteroatoms. The Balaban J connectivity index is 2.34. The second-order valence-electron chi connectivity index (χ2n) is 4.04. The number of hydrogen-bond donors (Lipinski definition) is 0. The molecule has 86 valence electrons. The second kappa shape index (κ2) is 4.76. The Labute approximate surface area is 108 Å². The maximum absolute atomic E-state index is 11.7. The molecule has 1 aromatic rings. The molecular weight excluding hydrogens is 291 g/mol. The van der Waals surface area contributed by atoms with E-state index in [2.05, 4.69) is 15.9 Å². The van der Waals surface area contributed by atoms with Crippen molar-refractivity contribution in [3.63, 3.8) is 0 Å². The van der Waals surface area contributed by atoms with Crippen LogP contribution in [0.5, 0.6) is 0 Å². The van der Waals surface area contributed by atoms with E-state index < -0.39 is 0 Å². The van der Waals surface area contributed by atoms with Gasteiger partial charge < -0.3 is 4.74 Å². The zero-order valence-corrected chi connectivity index (χ0v) is 11.2. The fraction of sp³-hybridized carbons (Fsp3) is 0.417. The molecule has 0 N–H and O–H groups in total. The maximum Gasteiger partial charge on any atom is 0.313 e. The third kappa shape index (κ3) is 2.58. The van der Waals surface area contributed by atoms with Crippen LogP contribution in [0.25, 0.3) is 0 Å². The minimum atomic E-state index is -0.170. The summed E-state index contributed by atoms with van der Waals surface area (Å²) in [6, 6.07) is 5.59. The molecule has 2 rings (SSSR count). The molecular formula is C12H12BrClO2. The molecule has 0 radical (unpaired) electrons. The number of carbonyl (C=O) groups excluding carboxylic acids is 1. The van der Waals surface area contributed by atoms with E-state index in [-0.39, 0.29) is 11.9 Å². The standard InChI is InChI=1S/C12H12BrClO2/c1-16-12(15)11(7-2-3-7)8-4-9(13)6-10(14)5-8/h4-7,11H,2-3H2,1H3. The third-order valence-corrected chi connectivity index (χ3v) is 3.47. The van der Waals surface area contributed by atoms with Crippen molar-refractivity contribution in [3.05, 3.63) is 33.3 Å². The molecule has 0 heterocycles. The number of benzene rings is 1. The molecule has 1 aromatic carbocycles. The number of esters is 1. The molecule has 0 bridgehead atoms. The summed E-state index contributed by atoms with van der Waals surface area (Å²) in [5.74, 6) is 0.0782. The molecule has 1 atom stereocenters. The lowest BCUT2D eigenvalue weighted by atomic mass is 9.94. The van der Waals surface area contributed by atoms with Gasteiger partial charge in [0.05, 0.1) is 13.0 Å². The van der Waals surface area contributed by atoms with Crippen LogP contribution in [-0.4, -0.2) is 13.1 Å². The molecule has 0 aliphatic heterocycles. The predicted molar refractivity (Wildman–Crippen MR) is 66.6 cm³/mol. The van der Waals surface area contributed by atoms with Gasteiger partial charge in [-0.25, -0.2) is 0 Å². The van der Waals surface area contributed by atoms with E-state index >= 15 is 0 Å². The highest BCUT2D eigenvalue weighted by molar-refractivity contribution is 9.10. The molecule has 2 nitrogen and oxygen atoms in total. The minimum absolute atomic E-state index is 0.167. The summed E-state index contributed by atoms with van der Waals surface area (Å²) in [5, 5.41) is 0.638. The molecule has 1 aliphatic rings. The van der Waals surface area contributed by atoms with Crippen molar-refractivity contribution in [1.29, 1.82) is 0 Å². The maximum atomic E-state index is 11.7. The molecule has 0 amide bonds. The Morgan fingerprint density at radius 3 is 2.69 bits per heavy atom. The van der Waals surface area contributed by atoms with Gasteiger partial charge in [0.25, 0.3) is 0 Å². The van der Waals surface area contributed by atoms with Gasteiger partial charge in [-0.1, -0.05) is 27.5 Å². The van der Waals surface area contributed by atoms with Crippen LogP contribution in [0, 0.1) is 5.92 Å². The largest absolute Gasteiger partial charge is 0.469 e. The minimum Gasteiger partial charge on any atom is -0.469 e. The molecule has 1 aliphatic carbocycles. The predicted octanol–water partition coefficient (Wildman–Crippen LogP) is 3.77. The fourth-order valence-corrected chi connectivity index (χ4v) is 2.80. The topological polar surface area (TPSA) is 26.3 Å². The van der Waals surface area contributed by atoms with Crippen LogP contribution in [0.4, 0.5) is 0 Å². The average molecular weight is 304 g/mol. The van der Waals surface area contributed by atoms with Crippen molar-refractivity contribution in [3.8, 4) is 0 Å². The molecule has 0 saturated heterocycles. The highest BCUT2D eigenvalue weighted by Gasteiger charge is 2.38. The first-order chi connectivity index (χ1) is 7.61. The summed E-state index contributed by atoms with van der Waals surface area (Å²) in [7, 11) is 1.43. The van der Waals surface area contributed by atoms with E-state index in [0.29, 0.717) is 10.9 Å². The van der Waals surface area contributed by atoms with Crippen molar-refractivity contribution >= 4 is 33.5 Å². The summed E-state index contributed by atoms with van der Waals surface area (Å²) < 4.78 is 5.74.